The van der Waals surface area contributed by atoms with Crippen molar-refractivity contribution in [3.05, 3.63) is 59.2 Å². The first-order valence-electron chi connectivity index (χ1n) is 22.3. The normalized spacial score (nSPS) is 27.1. The standard InChI is InChI=1S/C47H72N6O12/c1-13-28(5)39-42(57)50-33(10)46(61)65-40(29(6)14-2)31(8)36(64-47(62)48-22-23-54)21-20-30(7)45(60)63-37(24-27(3)4)41(56)49-32(9)43(58)53(12)35(25-34-18-16-15-17-19-34)44(59)52(11)26-38(55)51-39/h14-20,27-28,31-33,35-37,39-40,54H,13,21-26H2,1-12H3,(H,48,62)(H,49,56)(H,50,57)(H,51,55)/b29-14+,30-20+/t28?,31-,32-,33+,35+,36-,37+,39?,40+/m0/s1. The minimum Gasteiger partial charge on any atom is -0.456 e. The predicted octanol–water partition coefficient (Wildman–Crippen LogP) is 2.96. The number of nitrogens with one attached hydrogen (secondary N) is 4. The third-order valence-corrected chi connectivity index (χ3v) is 11.4. The van der Waals surface area contributed by atoms with Crippen LogP contribution in [0, 0.1) is 17.8 Å². The molecule has 6 amide bonds. The van der Waals surface area contributed by atoms with Crippen molar-refractivity contribution in [3.8, 4) is 0 Å². The van der Waals surface area contributed by atoms with Gasteiger partial charge >= 0.3 is 18.0 Å². The lowest BCUT2D eigenvalue weighted by atomic mass is 9.90. The van der Waals surface area contributed by atoms with Crippen LogP contribution in [-0.2, 0) is 54.2 Å². The highest BCUT2D eigenvalue weighted by Crippen LogP contribution is 2.26. The molecule has 2 unspecified atom stereocenters. The zero-order valence-corrected chi connectivity index (χ0v) is 40.1. The van der Waals surface area contributed by atoms with Crippen LogP contribution in [0.5, 0.6) is 0 Å². The van der Waals surface area contributed by atoms with Gasteiger partial charge in [0.1, 0.15) is 36.4 Å². The minimum absolute atomic E-state index is 0.0616. The fraction of sp³-hybridized carbons (Fsp3) is 0.617. The monoisotopic (exact) mass is 913 g/mol. The number of likely N-dealkylation sites (N-methyl/N-ethyl adjacent to an activating group) is 2. The van der Waals surface area contributed by atoms with E-state index in [9.17, 15) is 43.5 Å². The maximum atomic E-state index is 14.2. The lowest BCUT2D eigenvalue weighted by Gasteiger charge is -2.33. The van der Waals surface area contributed by atoms with E-state index in [1.165, 1.54) is 45.8 Å². The minimum atomic E-state index is -1.32. The Labute approximate surface area is 383 Å². The topological polar surface area (TPSA) is 239 Å². The Hall–Kier alpha value is -5.78. The van der Waals surface area contributed by atoms with E-state index in [-0.39, 0.29) is 43.9 Å². The number of cyclic esters (lactones) is 2. The van der Waals surface area contributed by atoms with E-state index in [2.05, 4.69) is 21.3 Å². The van der Waals surface area contributed by atoms with Crippen molar-refractivity contribution >= 4 is 47.6 Å². The molecule has 9 atom stereocenters. The SMILES string of the molecule is C/C=C(\C)[C@H]1OC(=O)[C@@H](C)NC(=O)C(C(C)CC)NC(=O)CN(C)C(=O)[C@@H](Cc2ccccc2)N(C)C(=O)[C@H](C)NC(=O)[C@@H](CC(C)C)OC(=O)/C(C)=C/C[C@H](OC(=O)NCCO)[C@@H]1C. The summed E-state index contributed by atoms with van der Waals surface area (Å²) < 4.78 is 17.5. The lowest BCUT2D eigenvalue weighted by Crippen LogP contribution is -2.57. The number of aliphatic hydroxyl groups is 1. The molecule has 0 bridgehead atoms. The van der Waals surface area contributed by atoms with Crippen LogP contribution in [0.2, 0.25) is 0 Å². The number of rotatable bonds is 10. The molecule has 1 aliphatic heterocycles. The number of esters is 2. The number of benzene rings is 1. The number of carbonyl (C=O) groups excluding carboxylic acids is 8. The van der Waals surface area contributed by atoms with E-state index in [4.69, 9.17) is 14.2 Å². The largest absolute Gasteiger partial charge is 0.456 e. The van der Waals surface area contributed by atoms with E-state index >= 15 is 0 Å². The van der Waals surface area contributed by atoms with Gasteiger partial charge in [0.15, 0.2) is 6.10 Å². The smallest absolute Gasteiger partial charge is 0.407 e. The number of nitrogens with zero attached hydrogens (tertiary/aromatic N) is 2. The van der Waals surface area contributed by atoms with Crippen molar-refractivity contribution in [3.63, 3.8) is 0 Å². The molecular weight excluding hydrogens is 841 g/mol. The molecule has 0 aliphatic carbocycles. The molecule has 0 saturated heterocycles. The zero-order valence-electron chi connectivity index (χ0n) is 40.1. The van der Waals surface area contributed by atoms with Crippen LogP contribution in [-0.4, -0.2) is 139 Å². The highest BCUT2D eigenvalue weighted by Gasteiger charge is 2.37. The van der Waals surface area contributed by atoms with Crippen molar-refractivity contribution < 1.29 is 57.7 Å². The second kappa shape index (κ2) is 26.9. The first-order chi connectivity index (χ1) is 30.6. The van der Waals surface area contributed by atoms with Crippen LogP contribution < -0.4 is 21.3 Å². The summed E-state index contributed by atoms with van der Waals surface area (Å²) in [5, 5.41) is 19.7. The molecule has 362 valence electrons. The molecule has 1 heterocycles. The maximum absolute atomic E-state index is 14.2. The summed E-state index contributed by atoms with van der Waals surface area (Å²) in [4.78, 5) is 112. The van der Waals surface area contributed by atoms with E-state index in [1.54, 1.807) is 64.1 Å². The quantitative estimate of drug-likeness (QED) is 0.129. The van der Waals surface area contributed by atoms with Gasteiger partial charge in [0.2, 0.25) is 23.6 Å². The van der Waals surface area contributed by atoms with Gasteiger partial charge in [-0.2, -0.15) is 0 Å². The van der Waals surface area contributed by atoms with Crippen molar-refractivity contribution in [1.29, 1.82) is 0 Å². The van der Waals surface area contributed by atoms with Crippen molar-refractivity contribution in [2.24, 2.45) is 17.8 Å². The summed E-state index contributed by atoms with van der Waals surface area (Å²) in [5.41, 5.74) is 1.37. The molecule has 1 aliphatic rings. The number of ether oxygens (including phenoxy) is 3. The summed E-state index contributed by atoms with van der Waals surface area (Å²) in [6.45, 7) is 15.8. The number of hydrogen-bond donors (Lipinski definition) is 5. The number of aliphatic hydroxyl groups excluding tert-OH is 1. The van der Waals surface area contributed by atoms with Crippen LogP contribution in [0.1, 0.15) is 94.1 Å². The van der Waals surface area contributed by atoms with Gasteiger partial charge in [0, 0.05) is 45.0 Å². The maximum Gasteiger partial charge on any atom is 0.407 e. The van der Waals surface area contributed by atoms with Gasteiger partial charge in [-0.25, -0.2) is 14.4 Å². The summed E-state index contributed by atoms with van der Waals surface area (Å²) in [6.07, 6.45) is -0.523. The third kappa shape index (κ3) is 17.3. The lowest BCUT2D eigenvalue weighted by molar-refractivity contribution is -0.155. The molecule has 1 aromatic rings. The Kier molecular flexibility index (Phi) is 22.9. The molecule has 2 rings (SSSR count). The second-order valence-corrected chi connectivity index (χ2v) is 17.2. The highest BCUT2D eigenvalue weighted by molar-refractivity contribution is 5.96. The molecular formula is C47H72N6O12. The van der Waals surface area contributed by atoms with Gasteiger partial charge in [0.25, 0.3) is 5.91 Å². The number of carbonyl (C=O) groups is 8. The Morgan fingerprint density at radius 3 is 2.15 bits per heavy atom. The summed E-state index contributed by atoms with van der Waals surface area (Å²) >= 11 is 0. The molecule has 18 heteroatoms. The van der Waals surface area contributed by atoms with E-state index < -0.39 is 108 Å². The van der Waals surface area contributed by atoms with Gasteiger partial charge < -0.3 is 50.4 Å². The summed E-state index contributed by atoms with van der Waals surface area (Å²) in [7, 11) is 2.82. The Morgan fingerprint density at radius 2 is 1.57 bits per heavy atom. The van der Waals surface area contributed by atoms with Crippen molar-refractivity contribution in [1.82, 2.24) is 31.1 Å². The highest BCUT2D eigenvalue weighted by atomic mass is 16.6. The number of allylic oxidation sites excluding steroid dienone is 1. The molecule has 5 N–H and O–H groups in total. The Morgan fingerprint density at radius 1 is 0.938 bits per heavy atom. The van der Waals surface area contributed by atoms with Crippen LogP contribution in [0.15, 0.2) is 53.6 Å². The fourth-order valence-electron chi connectivity index (χ4n) is 7.03. The second-order valence-electron chi connectivity index (χ2n) is 17.2. The number of alkyl carbamates (subject to hydrolysis) is 1. The van der Waals surface area contributed by atoms with E-state index in [0.29, 0.717) is 12.0 Å². The molecule has 65 heavy (non-hydrogen) atoms. The van der Waals surface area contributed by atoms with Crippen molar-refractivity contribution in [2.45, 2.75) is 137 Å². The van der Waals surface area contributed by atoms with Gasteiger partial charge in [-0.05, 0) is 64.0 Å². The summed E-state index contributed by atoms with van der Waals surface area (Å²) in [5.74, 6) is -6.29. The predicted molar refractivity (Wildman–Crippen MR) is 242 cm³/mol. The first kappa shape index (κ1) is 55.4. The first-order valence-corrected chi connectivity index (χ1v) is 22.3. The van der Waals surface area contributed by atoms with Gasteiger partial charge in [-0.1, -0.05) is 83.5 Å². The molecule has 0 aromatic heterocycles. The molecule has 1 aromatic carbocycles. The van der Waals surface area contributed by atoms with E-state index in [1.807, 2.05) is 20.8 Å². The van der Waals surface area contributed by atoms with Gasteiger partial charge in [0.05, 0.1) is 13.2 Å². The van der Waals surface area contributed by atoms with Gasteiger partial charge in [-0.15, -0.1) is 0 Å². The van der Waals surface area contributed by atoms with Crippen LogP contribution in [0.4, 0.5) is 4.79 Å². The number of hydrogen-bond acceptors (Lipinski definition) is 12. The van der Waals surface area contributed by atoms with Crippen LogP contribution >= 0.6 is 0 Å². The third-order valence-electron chi connectivity index (χ3n) is 11.4. The van der Waals surface area contributed by atoms with Crippen LogP contribution in [0.3, 0.4) is 0 Å². The average Bonchev–Trinajstić information content (AvgIpc) is 3.27. The molecule has 0 saturated carbocycles. The number of amides is 6. The van der Waals surface area contributed by atoms with Crippen LogP contribution in [0.25, 0.3) is 0 Å². The molecule has 0 radical (unpaired) electrons. The Balaban J connectivity index is 2.72. The molecule has 18 nitrogen and oxygen atoms in total. The average molecular weight is 913 g/mol. The summed E-state index contributed by atoms with van der Waals surface area (Å²) in [6, 6.07) is 4.29. The van der Waals surface area contributed by atoms with Crippen molar-refractivity contribution in [2.75, 3.05) is 33.8 Å². The molecule has 0 fully saturated rings. The zero-order chi connectivity index (χ0) is 49.1. The molecule has 0 spiro atoms. The fourth-order valence-corrected chi connectivity index (χ4v) is 7.03. The Bertz CT molecular complexity index is 1870. The van der Waals surface area contributed by atoms with E-state index in [0.717, 1.165) is 10.5 Å². The van der Waals surface area contributed by atoms with Gasteiger partial charge in [-0.3, -0.25) is 24.0 Å².